The number of thiophene rings is 1. The molecule has 0 atom stereocenters. The maximum Gasteiger partial charge on any atom is 0.251 e. The predicted molar refractivity (Wildman–Crippen MR) is 74.7 cm³/mol. The first-order valence-electron chi connectivity index (χ1n) is 5.82. The number of rotatable bonds is 5. The smallest absolute Gasteiger partial charge is 0.251 e. The lowest BCUT2D eigenvalue weighted by molar-refractivity contribution is 0.0963. The van der Waals surface area contributed by atoms with Crippen molar-refractivity contribution in [2.45, 2.75) is 13.1 Å². The average Bonchev–Trinajstić information content (AvgIpc) is 2.92. The Bertz CT molecular complexity index is 491. The van der Waals surface area contributed by atoms with Gasteiger partial charge in [0.15, 0.2) is 0 Å². The highest BCUT2D eigenvalue weighted by molar-refractivity contribution is 7.07. The Labute approximate surface area is 111 Å². The molecule has 0 aliphatic carbocycles. The lowest BCUT2D eigenvalue weighted by Crippen LogP contribution is -2.18. The minimum absolute atomic E-state index is 0.0483. The highest BCUT2D eigenvalue weighted by Gasteiger charge is 2.01. The van der Waals surface area contributed by atoms with Crippen molar-refractivity contribution in [3.05, 3.63) is 57.8 Å². The maximum atomic E-state index is 11.4. The van der Waals surface area contributed by atoms with E-state index in [2.05, 4.69) is 27.5 Å². The Morgan fingerprint density at radius 3 is 2.44 bits per heavy atom. The first-order valence-corrected chi connectivity index (χ1v) is 6.76. The van der Waals surface area contributed by atoms with Crippen LogP contribution in [0.15, 0.2) is 41.1 Å². The van der Waals surface area contributed by atoms with Crippen molar-refractivity contribution in [1.29, 1.82) is 0 Å². The fourth-order valence-electron chi connectivity index (χ4n) is 1.66. The van der Waals surface area contributed by atoms with Crippen LogP contribution in [0, 0.1) is 0 Å². The largest absolute Gasteiger partial charge is 0.355 e. The second-order valence-electron chi connectivity index (χ2n) is 4.01. The maximum absolute atomic E-state index is 11.4. The Balaban J connectivity index is 1.85. The Morgan fingerprint density at radius 1 is 1.11 bits per heavy atom. The summed E-state index contributed by atoms with van der Waals surface area (Å²) in [6, 6.07) is 9.77. The van der Waals surface area contributed by atoms with Gasteiger partial charge in [0.2, 0.25) is 0 Å². The van der Waals surface area contributed by atoms with E-state index < -0.39 is 0 Å². The van der Waals surface area contributed by atoms with Crippen LogP contribution in [0.3, 0.4) is 0 Å². The quantitative estimate of drug-likeness (QED) is 0.866. The fourth-order valence-corrected chi connectivity index (χ4v) is 2.33. The third-order valence-corrected chi connectivity index (χ3v) is 3.41. The molecule has 0 fully saturated rings. The second-order valence-corrected chi connectivity index (χ2v) is 4.79. The molecule has 0 unspecified atom stereocenters. The summed E-state index contributed by atoms with van der Waals surface area (Å²) in [5.74, 6) is -0.0483. The molecule has 2 N–H and O–H groups in total. The van der Waals surface area contributed by atoms with Crippen LogP contribution in [0.4, 0.5) is 0 Å². The van der Waals surface area contributed by atoms with Crippen LogP contribution in [-0.4, -0.2) is 13.0 Å². The van der Waals surface area contributed by atoms with E-state index in [1.165, 1.54) is 11.1 Å². The standard InChI is InChI=1S/C14H16N2OS/c1-15-14(17)13-4-2-11(3-5-13)8-16-9-12-6-7-18-10-12/h2-7,10,16H,8-9H2,1H3,(H,15,17). The molecule has 1 amide bonds. The highest BCUT2D eigenvalue weighted by Crippen LogP contribution is 2.07. The van der Waals surface area contributed by atoms with Crippen molar-refractivity contribution in [3.63, 3.8) is 0 Å². The minimum Gasteiger partial charge on any atom is -0.355 e. The molecule has 0 aliphatic rings. The summed E-state index contributed by atoms with van der Waals surface area (Å²) < 4.78 is 0. The van der Waals surface area contributed by atoms with E-state index in [0.29, 0.717) is 5.56 Å². The van der Waals surface area contributed by atoms with Crippen LogP contribution in [0.2, 0.25) is 0 Å². The lowest BCUT2D eigenvalue weighted by atomic mass is 10.1. The number of carbonyl (C=O) groups excluding carboxylic acids is 1. The molecule has 2 rings (SSSR count). The number of benzene rings is 1. The van der Waals surface area contributed by atoms with Crippen LogP contribution in [0.5, 0.6) is 0 Å². The van der Waals surface area contributed by atoms with E-state index in [4.69, 9.17) is 0 Å². The zero-order chi connectivity index (χ0) is 12.8. The number of hydrogen-bond donors (Lipinski definition) is 2. The summed E-state index contributed by atoms with van der Waals surface area (Å²) in [5, 5.41) is 10.2. The molecule has 0 saturated carbocycles. The van der Waals surface area contributed by atoms with Gasteiger partial charge in [-0.15, -0.1) is 0 Å². The molecule has 1 aromatic heterocycles. The molecule has 0 spiro atoms. The van der Waals surface area contributed by atoms with Gasteiger partial charge in [0.25, 0.3) is 5.91 Å². The molecule has 1 heterocycles. The molecule has 0 saturated heterocycles. The van der Waals surface area contributed by atoms with E-state index in [0.717, 1.165) is 13.1 Å². The molecule has 3 nitrogen and oxygen atoms in total. The number of nitrogens with one attached hydrogen (secondary N) is 2. The SMILES string of the molecule is CNC(=O)c1ccc(CNCc2ccsc2)cc1. The summed E-state index contributed by atoms with van der Waals surface area (Å²) in [6.07, 6.45) is 0. The number of hydrogen-bond acceptors (Lipinski definition) is 3. The molecule has 94 valence electrons. The van der Waals surface area contributed by atoms with Crippen molar-refractivity contribution in [1.82, 2.24) is 10.6 Å². The van der Waals surface area contributed by atoms with Crippen molar-refractivity contribution in [3.8, 4) is 0 Å². The van der Waals surface area contributed by atoms with E-state index in [1.807, 2.05) is 24.3 Å². The van der Waals surface area contributed by atoms with Gasteiger partial charge in [-0.3, -0.25) is 4.79 Å². The van der Waals surface area contributed by atoms with Crippen molar-refractivity contribution >= 4 is 17.2 Å². The van der Waals surface area contributed by atoms with E-state index in [1.54, 1.807) is 18.4 Å². The van der Waals surface area contributed by atoms with Gasteiger partial charge in [-0.1, -0.05) is 12.1 Å². The van der Waals surface area contributed by atoms with Gasteiger partial charge in [-0.25, -0.2) is 0 Å². The summed E-state index contributed by atoms with van der Waals surface area (Å²) in [5.41, 5.74) is 3.18. The normalized spacial score (nSPS) is 10.3. The monoisotopic (exact) mass is 260 g/mol. The molecule has 18 heavy (non-hydrogen) atoms. The van der Waals surface area contributed by atoms with Gasteiger partial charge in [-0.2, -0.15) is 11.3 Å². The Hall–Kier alpha value is -1.65. The predicted octanol–water partition coefficient (Wildman–Crippen LogP) is 2.40. The first kappa shape index (κ1) is 12.8. The Kier molecular flexibility index (Phi) is 4.50. The van der Waals surface area contributed by atoms with Crippen LogP contribution < -0.4 is 10.6 Å². The number of carbonyl (C=O) groups is 1. The first-order chi connectivity index (χ1) is 8.79. The highest BCUT2D eigenvalue weighted by atomic mass is 32.1. The van der Waals surface area contributed by atoms with Gasteiger partial charge in [-0.05, 0) is 40.1 Å². The summed E-state index contributed by atoms with van der Waals surface area (Å²) >= 11 is 1.71. The van der Waals surface area contributed by atoms with E-state index in [-0.39, 0.29) is 5.91 Å². The van der Waals surface area contributed by atoms with Gasteiger partial charge in [0, 0.05) is 25.7 Å². The lowest BCUT2D eigenvalue weighted by Gasteiger charge is -2.05. The van der Waals surface area contributed by atoms with Crippen LogP contribution >= 0.6 is 11.3 Å². The van der Waals surface area contributed by atoms with Gasteiger partial charge >= 0.3 is 0 Å². The van der Waals surface area contributed by atoms with Crippen molar-refractivity contribution in [2.24, 2.45) is 0 Å². The molecule has 0 aliphatic heterocycles. The summed E-state index contributed by atoms with van der Waals surface area (Å²) in [4.78, 5) is 11.4. The fraction of sp³-hybridized carbons (Fsp3) is 0.214. The van der Waals surface area contributed by atoms with Gasteiger partial charge < -0.3 is 10.6 Å². The van der Waals surface area contributed by atoms with E-state index >= 15 is 0 Å². The topological polar surface area (TPSA) is 41.1 Å². The molecule has 2 aromatic rings. The van der Waals surface area contributed by atoms with Crippen molar-refractivity contribution < 1.29 is 4.79 Å². The van der Waals surface area contributed by atoms with Crippen LogP contribution in [0.25, 0.3) is 0 Å². The third-order valence-electron chi connectivity index (χ3n) is 2.68. The van der Waals surface area contributed by atoms with Crippen LogP contribution in [-0.2, 0) is 13.1 Å². The van der Waals surface area contributed by atoms with Crippen LogP contribution in [0.1, 0.15) is 21.5 Å². The minimum atomic E-state index is -0.0483. The molecular weight excluding hydrogens is 244 g/mol. The molecular formula is C14H16N2OS. The second kappa shape index (κ2) is 6.33. The molecule has 0 bridgehead atoms. The zero-order valence-electron chi connectivity index (χ0n) is 10.3. The average molecular weight is 260 g/mol. The third kappa shape index (κ3) is 3.42. The van der Waals surface area contributed by atoms with Gasteiger partial charge in [0.1, 0.15) is 0 Å². The van der Waals surface area contributed by atoms with E-state index in [9.17, 15) is 4.79 Å². The molecule has 1 aromatic carbocycles. The van der Waals surface area contributed by atoms with Gasteiger partial charge in [0.05, 0.1) is 0 Å². The summed E-state index contributed by atoms with van der Waals surface area (Å²) in [6.45, 7) is 1.69. The number of amides is 1. The molecule has 4 heteroatoms. The summed E-state index contributed by atoms with van der Waals surface area (Å²) in [7, 11) is 1.64. The molecule has 0 radical (unpaired) electrons. The van der Waals surface area contributed by atoms with Crippen molar-refractivity contribution in [2.75, 3.05) is 7.05 Å². The Morgan fingerprint density at radius 2 is 1.83 bits per heavy atom. The zero-order valence-corrected chi connectivity index (χ0v) is 11.1.